The fourth-order valence-corrected chi connectivity index (χ4v) is 5.15. The summed E-state index contributed by atoms with van der Waals surface area (Å²) < 4.78 is 6.10. The smallest absolute Gasteiger partial charge is 0.161 e. The Morgan fingerprint density at radius 3 is 2.00 bits per heavy atom. The van der Waals surface area contributed by atoms with Gasteiger partial charge in [-0.3, -0.25) is 0 Å². The minimum absolute atomic E-state index is 0.131. The molecule has 0 atom stereocenters. The van der Waals surface area contributed by atoms with Gasteiger partial charge in [0.2, 0.25) is 0 Å². The number of fused-ring (bicyclic) bond motifs is 2. The van der Waals surface area contributed by atoms with E-state index in [1.165, 1.54) is 39.3 Å². The Morgan fingerprint density at radius 2 is 1.29 bits per heavy atom. The average molecular weight is 462 g/mol. The third-order valence-corrected chi connectivity index (χ3v) is 7.41. The van der Waals surface area contributed by atoms with E-state index in [0.29, 0.717) is 6.73 Å². The summed E-state index contributed by atoms with van der Waals surface area (Å²) in [6.07, 6.45) is 0. The average Bonchev–Trinajstić information content (AvgIpc) is 2.92. The van der Waals surface area contributed by atoms with Crippen molar-refractivity contribution >= 4 is 17.1 Å². The maximum Gasteiger partial charge on any atom is 0.161 e. The van der Waals surface area contributed by atoms with Crippen molar-refractivity contribution in [2.75, 3.05) is 28.5 Å². The lowest BCUT2D eigenvalue weighted by molar-refractivity contribution is 0.289. The second kappa shape index (κ2) is 8.70. The highest BCUT2D eigenvalue weighted by Crippen LogP contribution is 2.38. The Balaban J connectivity index is 1.28. The van der Waals surface area contributed by atoms with Gasteiger partial charge in [-0.25, -0.2) is 0 Å². The number of nitrogens with one attached hydrogen (secondary N) is 1. The van der Waals surface area contributed by atoms with Gasteiger partial charge in [0.1, 0.15) is 5.75 Å². The van der Waals surface area contributed by atoms with Crippen LogP contribution >= 0.6 is 0 Å². The number of ether oxygens (including phenoxy) is 1. The Morgan fingerprint density at radius 1 is 0.686 bits per heavy atom. The van der Waals surface area contributed by atoms with E-state index in [4.69, 9.17) is 4.74 Å². The van der Waals surface area contributed by atoms with E-state index in [-0.39, 0.29) is 5.41 Å². The lowest BCUT2D eigenvalue weighted by atomic mass is 9.77. The number of hydrogen-bond donors (Lipinski definition) is 1. The fraction of sp³-hybridized carbons (Fsp3) is 0.226. The van der Waals surface area contributed by atoms with Crippen LogP contribution in [0.1, 0.15) is 36.1 Å². The van der Waals surface area contributed by atoms with E-state index in [9.17, 15) is 0 Å². The van der Waals surface area contributed by atoms with E-state index >= 15 is 0 Å². The lowest BCUT2D eigenvalue weighted by Gasteiger charge is -2.35. The summed E-state index contributed by atoms with van der Waals surface area (Å²) in [5.41, 5.74) is 8.73. The second-order valence-corrected chi connectivity index (χ2v) is 9.99. The van der Waals surface area contributed by atoms with Crippen molar-refractivity contribution in [3.05, 3.63) is 119 Å². The summed E-state index contributed by atoms with van der Waals surface area (Å²) in [6, 6.07) is 34.7. The third kappa shape index (κ3) is 4.10. The van der Waals surface area contributed by atoms with Gasteiger partial charge >= 0.3 is 0 Å². The van der Waals surface area contributed by atoms with E-state index in [2.05, 4.69) is 126 Å². The van der Waals surface area contributed by atoms with Gasteiger partial charge < -0.3 is 19.9 Å². The molecule has 2 aliphatic rings. The largest absolute Gasteiger partial charge is 0.473 e. The molecule has 0 radical (unpaired) electrons. The summed E-state index contributed by atoms with van der Waals surface area (Å²) in [5.74, 6) is 0.991. The zero-order valence-electron chi connectivity index (χ0n) is 20.4. The normalized spacial score (nSPS) is 15.0. The molecule has 0 amide bonds. The molecule has 0 saturated carbocycles. The van der Waals surface area contributed by atoms with Crippen LogP contribution in [0.25, 0.3) is 0 Å². The summed E-state index contributed by atoms with van der Waals surface area (Å²) in [4.78, 5) is 4.66. The van der Waals surface area contributed by atoms with Gasteiger partial charge in [-0.15, -0.1) is 0 Å². The predicted octanol–water partition coefficient (Wildman–Crippen LogP) is 6.76. The first kappa shape index (κ1) is 21.6. The minimum atomic E-state index is -0.131. The van der Waals surface area contributed by atoms with Crippen molar-refractivity contribution in [3.8, 4) is 5.75 Å². The van der Waals surface area contributed by atoms with Gasteiger partial charge in [0.25, 0.3) is 0 Å². The highest BCUT2D eigenvalue weighted by molar-refractivity contribution is 5.61. The van der Waals surface area contributed by atoms with Crippen LogP contribution in [0, 0.1) is 0 Å². The van der Waals surface area contributed by atoms with Gasteiger partial charge in [0.05, 0.1) is 6.67 Å². The van der Waals surface area contributed by atoms with Crippen LogP contribution in [0.15, 0.2) is 97.1 Å². The predicted molar refractivity (Wildman–Crippen MR) is 144 cm³/mol. The molecule has 2 aliphatic heterocycles. The Hall–Kier alpha value is -3.92. The van der Waals surface area contributed by atoms with E-state index in [1.54, 1.807) is 0 Å². The van der Waals surface area contributed by atoms with Crippen LogP contribution in [0.4, 0.5) is 17.1 Å². The first-order valence-electron chi connectivity index (χ1n) is 12.3. The zero-order valence-corrected chi connectivity index (χ0v) is 20.4. The number of para-hydroxylation sites is 2. The molecular formula is C31H31N3O. The van der Waals surface area contributed by atoms with Crippen molar-refractivity contribution in [2.45, 2.75) is 32.4 Å². The van der Waals surface area contributed by atoms with Crippen LogP contribution in [0.3, 0.4) is 0 Å². The number of anilines is 3. The molecule has 176 valence electrons. The second-order valence-electron chi connectivity index (χ2n) is 9.99. The zero-order chi connectivity index (χ0) is 23.8. The number of hydrogen-bond acceptors (Lipinski definition) is 4. The highest BCUT2D eigenvalue weighted by atomic mass is 16.5. The van der Waals surface area contributed by atoms with Crippen LogP contribution < -0.4 is 19.9 Å². The number of benzene rings is 4. The Kier molecular flexibility index (Phi) is 5.37. The SMILES string of the molecule is CC(C)(c1ccc2c(c1)CN(c1ccccc1)CN2)c1ccc2c(c1)CN(c1ccccc1)CO2. The van der Waals surface area contributed by atoms with Crippen molar-refractivity contribution < 1.29 is 4.74 Å². The first-order chi connectivity index (χ1) is 17.1. The molecule has 0 bridgehead atoms. The maximum absolute atomic E-state index is 6.10. The molecule has 0 aromatic heterocycles. The first-order valence-corrected chi connectivity index (χ1v) is 12.3. The van der Waals surface area contributed by atoms with Gasteiger partial charge in [-0.2, -0.15) is 0 Å². The molecule has 4 nitrogen and oxygen atoms in total. The Labute approximate surface area is 207 Å². The lowest BCUT2D eigenvalue weighted by Crippen LogP contribution is -2.34. The van der Waals surface area contributed by atoms with Crippen molar-refractivity contribution in [1.29, 1.82) is 0 Å². The fourth-order valence-electron chi connectivity index (χ4n) is 5.15. The molecule has 0 unspecified atom stereocenters. The van der Waals surface area contributed by atoms with Crippen molar-refractivity contribution in [1.82, 2.24) is 0 Å². The molecule has 0 spiro atoms. The quantitative estimate of drug-likeness (QED) is 0.363. The topological polar surface area (TPSA) is 27.7 Å². The molecular weight excluding hydrogens is 430 g/mol. The molecule has 2 heterocycles. The Bertz CT molecular complexity index is 1230. The molecule has 0 aliphatic carbocycles. The van der Waals surface area contributed by atoms with Crippen molar-refractivity contribution in [3.63, 3.8) is 0 Å². The number of rotatable bonds is 4. The highest BCUT2D eigenvalue weighted by Gasteiger charge is 2.28. The molecule has 0 saturated heterocycles. The van der Waals surface area contributed by atoms with Gasteiger partial charge in [0, 0.05) is 41.1 Å². The summed E-state index contributed by atoms with van der Waals surface area (Å²) in [5, 5.41) is 3.59. The van der Waals surface area contributed by atoms with E-state index in [0.717, 1.165) is 25.5 Å². The van der Waals surface area contributed by atoms with Crippen LogP contribution in [-0.4, -0.2) is 13.4 Å². The molecule has 1 N–H and O–H groups in total. The minimum Gasteiger partial charge on any atom is -0.473 e. The van der Waals surface area contributed by atoms with Gasteiger partial charge in [0.15, 0.2) is 6.73 Å². The summed E-state index contributed by atoms with van der Waals surface area (Å²) in [6.45, 7) is 7.79. The van der Waals surface area contributed by atoms with Crippen LogP contribution in [0.5, 0.6) is 5.75 Å². The molecule has 35 heavy (non-hydrogen) atoms. The van der Waals surface area contributed by atoms with Gasteiger partial charge in [-0.1, -0.05) is 68.4 Å². The molecule has 0 fully saturated rings. The summed E-state index contributed by atoms with van der Waals surface area (Å²) >= 11 is 0. The molecule has 4 aromatic rings. The molecule has 4 heteroatoms. The van der Waals surface area contributed by atoms with Crippen LogP contribution in [-0.2, 0) is 18.5 Å². The number of nitrogens with zero attached hydrogens (tertiary/aromatic N) is 2. The summed E-state index contributed by atoms with van der Waals surface area (Å²) in [7, 11) is 0. The van der Waals surface area contributed by atoms with Gasteiger partial charge in [-0.05, 0) is 59.2 Å². The van der Waals surface area contributed by atoms with E-state index in [1.807, 2.05) is 0 Å². The van der Waals surface area contributed by atoms with Crippen molar-refractivity contribution in [2.24, 2.45) is 0 Å². The van der Waals surface area contributed by atoms with Crippen LogP contribution in [0.2, 0.25) is 0 Å². The monoisotopic (exact) mass is 461 g/mol. The molecule has 6 rings (SSSR count). The molecule has 4 aromatic carbocycles. The maximum atomic E-state index is 6.10. The third-order valence-electron chi connectivity index (χ3n) is 7.41. The standard InChI is InChI=1S/C31H31N3O/c1-31(2,25-13-15-29-23(17-25)19-33(21-32-29)27-9-5-3-6-10-27)26-14-16-30-24(18-26)20-34(22-35-30)28-11-7-4-8-12-28/h3-18,32H,19-22H2,1-2H3. The van der Waals surface area contributed by atoms with E-state index < -0.39 is 0 Å².